The molecule has 0 aliphatic heterocycles. The minimum atomic E-state index is 0.814. The highest BCUT2D eigenvalue weighted by Gasteiger charge is 2.03. The van der Waals surface area contributed by atoms with Gasteiger partial charge < -0.3 is 15.2 Å². The number of benzene rings is 1. The van der Waals surface area contributed by atoms with Gasteiger partial charge in [-0.15, -0.1) is 0 Å². The summed E-state index contributed by atoms with van der Waals surface area (Å²) in [5.41, 5.74) is 7.77. The smallest absolute Gasteiger partial charge is 0.109 e. The van der Waals surface area contributed by atoms with Crippen molar-refractivity contribution in [2.45, 2.75) is 13.0 Å². The Morgan fingerprint density at radius 3 is 2.61 bits per heavy atom. The van der Waals surface area contributed by atoms with E-state index < -0.39 is 0 Å². The van der Waals surface area contributed by atoms with Gasteiger partial charge in [0.05, 0.1) is 0 Å². The summed E-state index contributed by atoms with van der Waals surface area (Å²) in [6, 6.07) is 8.04. The fourth-order valence-electron chi connectivity index (χ4n) is 1.94. The topological polar surface area (TPSA) is 47.1 Å². The first kappa shape index (κ1) is 12.6. The van der Waals surface area contributed by atoms with E-state index in [0.717, 1.165) is 31.0 Å². The van der Waals surface area contributed by atoms with Crippen LogP contribution in [0.2, 0.25) is 0 Å². The van der Waals surface area contributed by atoms with Crippen LogP contribution in [0.1, 0.15) is 11.4 Å². The molecule has 18 heavy (non-hydrogen) atoms. The van der Waals surface area contributed by atoms with Gasteiger partial charge in [-0.2, -0.15) is 0 Å². The number of aryl methyl sites for hydroxylation is 1. The lowest BCUT2D eigenvalue weighted by molar-refractivity contribution is 0.327. The Hall–Kier alpha value is -1.81. The Kier molecular flexibility index (Phi) is 3.99. The van der Waals surface area contributed by atoms with Crippen LogP contribution in [0.5, 0.6) is 0 Å². The van der Waals surface area contributed by atoms with Crippen molar-refractivity contribution >= 4 is 5.69 Å². The van der Waals surface area contributed by atoms with Crippen LogP contribution in [0.4, 0.5) is 5.69 Å². The van der Waals surface area contributed by atoms with Crippen LogP contribution >= 0.6 is 0 Å². The van der Waals surface area contributed by atoms with E-state index in [1.54, 1.807) is 0 Å². The molecule has 0 saturated heterocycles. The summed E-state index contributed by atoms with van der Waals surface area (Å²) in [5, 5.41) is 0. The second-order valence-electron chi connectivity index (χ2n) is 4.68. The summed E-state index contributed by atoms with van der Waals surface area (Å²) < 4.78 is 2.07. The Bertz CT molecular complexity index is 487. The maximum atomic E-state index is 5.67. The standard InChI is InChI=1S/C14H20N4/c1-17(9-7-14-16-8-10-18(14)2)11-12-3-5-13(15)6-4-12/h3-6,8,10H,7,9,11,15H2,1-2H3. The van der Waals surface area contributed by atoms with Gasteiger partial charge in [-0.1, -0.05) is 12.1 Å². The third-order valence-corrected chi connectivity index (χ3v) is 3.07. The summed E-state index contributed by atoms with van der Waals surface area (Å²) in [7, 11) is 4.15. The maximum absolute atomic E-state index is 5.67. The Morgan fingerprint density at radius 2 is 2.00 bits per heavy atom. The first-order valence-corrected chi connectivity index (χ1v) is 6.14. The van der Waals surface area contributed by atoms with Gasteiger partial charge in [0.25, 0.3) is 0 Å². The van der Waals surface area contributed by atoms with E-state index in [9.17, 15) is 0 Å². The number of hydrogen-bond acceptors (Lipinski definition) is 3. The first-order chi connectivity index (χ1) is 8.65. The number of likely N-dealkylation sites (N-methyl/N-ethyl adjacent to an activating group) is 1. The molecule has 2 N–H and O–H groups in total. The quantitative estimate of drug-likeness (QED) is 0.814. The van der Waals surface area contributed by atoms with Crippen molar-refractivity contribution in [3.05, 3.63) is 48.0 Å². The van der Waals surface area contributed by atoms with Crippen molar-refractivity contribution in [1.82, 2.24) is 14.5 Å². The average Bonchev–Trinajstić information content (AvgIpc) is 2.75. The maximum Gasteiger partial charge on any atom is 0.109 e. The van der Waals surface area contributed by atoms with Crippen molar-refractivity contribution in [2.75, 3.05) is 19.3 Å². The van der Waals surface area contributed by atoms with Crippen LogP contribution in [0.15, 0.2) is 36.7 Å². The number of nitrogens with two attached hydrogens (primary N) is 1. The lowest BCUT2D eigenvalue weighted by Gasteiger charge is -2.16. The molecule has 0 radical (unpaired) electrons. The van der Waals surface area contributed by atoms with Crippen LogP contribution in [0.3, 0.4) is 0 Å². The van der Waals surface area contributed by atoms with Gasteiger partial charge in [-0.3, -0.25) is 0 Å². The summed E-state index contributed by atoms with van der Waals surface area (Å²) in [6.07, 6.45) is 4.79. The molecule has 1 heterocycles. The lowest BCUT2D eigenvalue weighted by atomic mass is 10.2. The molecule has 2 aromatic rings. The van der Waals surface area contributed by atoms with Crippen LogP contribution in [0.25, 0.3) is 0 Å². The average molecular weight is 244 g/mol. The Balaban J connectivity index is 1.83. The fraction of sp³-hybridized carbons (Fsp3) is 0.357. The van der Waals surface area contributed by atoms with Crippen molar-refractivity contribution < 1.29 is 0 Å². The molecule has 96 valence electrons. The van der Waals surface area contributed by atoms with Gasteiger partial charge in [0, 0.05) is 44.6 Å². The molecule has 0 fully saturated rings. The second-order valence-corrected chi connectivity index (χ2v) is 4.68. The number of nitrogen functional groups attached to an aromatic ring is 1. The Labute approximate surface area is 108 Å². The molecule has 0 aliphatic rings. The molecule has 4 nitrogen and oxygen atoms in total. The van der Waals surface area contributed by atoms with Crippen LogP contribution < -0.4 is 5.73 Å². The first-order valence-electron chi connectivity index (χ1n) is 6.14. The van der Waals surface area contributed by atoms with Crippen LogP contribution in [-0.4, -0.2) is 28.0 Å². The molecule has 2 rings (SSSR count). The van der Waals surface area contributed by atoms with E-state index in [1.165, 1.54) is 5.56 Å². The van der Waals surface area contributed by atoms with Crippen LogP contribution in [-0.2, 0) is 20.0 Å². The summed E-state index contributed by atoms with van der Waals surface area (Å²) in [6.45, 7) is 1.93. The van der Waals surface area contributed by atoms with E-state index in [4.69, 9.17) is 5.73 Å². The molecule has 1 aromatic heterocycles. The van der Waals surface area contributed by atoms with Crippen molar-refractivity contribution in [3.8, 4) is 0 Å². The van der Waals surface area contributed by atoms with Gasteiger partial charge >= 0.3 is 0 Å². The van der Waals surface area contributed by atoms with Gasteiger partial charge in [0.2, 0.25) is 0 Å². The predicted molar refractivity (Wildman–Crippen MR) is 74.1 cm³/mol. The molecule has 0 amide bonds. The molecular formula is C14H20N4. The molecule has 0 atom stereocenters. The molecule has 0 unspecified atom stereocenters. The van der Waals surface area contributed by atoms with Crippen molar-refractivity contribution in [3.63, 3.8) is 0 Å². The van der Waals surface area contributed by atoms with E-state index in [1.807, 2.05) is 31.6 Å². The summed E-state index contributed by atoms with van der Waals surface area (Å²) >= 11 is 0. The monoisotopic (exact) mass is 244 g/mol. The van der Waals surface area contributed by atoms with E-state index in [-0.39, 0.29) is 0 Å². The molecule has 0 bridgehead atoms. The number of nitrogens with zero attached hydrogens (tertiary/aromatic N) is 3. The number of aromatic nitrogens is 2. The SMILES string of the molecule is CN(CCc1nccn1C)Cc1ccc(N)cc1. The van der Waals surface area contributed by atoms with Crippen LogP contribution in [0, 0.1) is 0 Å². The highest BCUT2D eigenvalue weighted by atomic mass is 15.1. The Morgan fingerprint density at radius 1 is 1.28 bits per heavy atom. The number of rotatable bonds is 5. The minimum Gasteiger partial charge on any atom is -0.399 e. The van der Waals surface area contributed by atoms with Gasteiger partial charge in [-0.25, -0.2) is 4.98 Å². The van der Waals surface area contributed by atoms with E-state index in [0.29, 0.717) is 0 Å². The normalized spacial score (nSPS) is 11.1. The third kappa shape index (κ3) is 3.34. The highest BCUT2D eigenvalue weighted by molar-refractivity contribution is 5.39. The lowest BCUT2D eigenvalue weighted by Crippen LogP contribution is -2.21. The second kappa shape index (κ2) is 5.69. The van der Waals surface area contributed by atoms with Gasteiger partial charge in [0.1, 0.15) is 5.82 Å². The number of hydrogen-bond donors (Lipinski definition) is 1. The molecule has 4 heteroatoms. The fourth-order valence-corrected chi connectivity index (χ4v) is 1.94. The molecule has 1 aromatic carbocycles. The number of anilines is 1. The van der Waals surface area contributed by atoms with E-state index in [2.05, 4.69) is 33.6 Å². The van der Waals surface area contributed by atoms with Crippen molar-refractivity contribution in [1.29, 1.82) is 0 Å². The molecule has 0 spiro atoms. The van der Waals surface area contributed by atoms with Crippen molar-refractivity contribution in [2.24, 2.45) is 7.05 Å². The number of imidazole rings is 1. The van der Waals surface area contributed by atoms with Gasteiger partial charge in [0.15, 0.2) is 0 Å². The highest BCUT2D eigenvalue weighted by Crippen LogP contribution is 2.08. The molecule has 0 saturated carbocycles. The predicted octanol–water partition coefficient (Wildman–Crippen LogP) is 1.68. The molecule has 0 aliphatic carbocycles. The molecular weight excluding hydrogens is 224 g/mol. The van der Waals surface area contributed by atoms with E-state index >= 15 is 0 Å². The largest absolute Gasteiger partial charge is 0.399 e. The van der Waals surface area contributed by atoms with Gasteiger partial charge in [-0.05, 0) is 24.7 Å². The summed E-state index contributed by atoms with van der Waals surface area (Å²) in [4.78, 5) is 6.62. The zero-order chi connectivity index (χ0) is 13.0. The zero-order valence-electron chi connectivity index (χ0n) is 11.0. The summed E-state index contributed by atoms with van der Waals surface area (Å²) in [5.74, 6) is 1.12. The third-order valence-electron chi connectivity index (χ3n) is 3.07. The zero-order valence-corrected chi connectivity index (χ0v) is 11.0. The minimum absolute atomic E-state index is 0.814.